The summed E-state index contributed by atoms with van der Waals surface area (Å²) in [5.74, 6) is 0. The summed E-state index contributed by atoms with van der Waals surface area (Å²) in [6.45, 7) is 1.80. The van der Waals surface area contributed by atoms with Crippen LogP contribution >= 0.6 is 15.9 Å². The van der Waals surface area contributed by atoms with Crippen LogP contribution in [0.25, 0.3) is 0 Å². The molecule has 5 heteroatoms. The number of carbonyl (C=O) groups excluding carboxylic acids is 1. The Balaban J connectivity index is 2.80. The summed E-state index contributed by atoms with van der Waals surface area (Å²) >= 11 is 3.40. The van der Waals surface area contributed by atoms with E-state index in [0.717, 1.165) is 10.0 Å². The van der Waals surface area contributed by atoms with E-state index in [-0.39, 0.29) is 0 Å². The van der Waals surface area contributed by atoms with Gasteiger partial charge in [0.05, 0.1) is 12.8 Å². The third kappa shape index (κ3) is 3.36. The number of hydrogen-bond acceptors (Lipinski definition) is 3. The second-order valence-electron chi connectivity index (χ2n) is 2.78. The smallest absolute Gasteiger partial charge is 0.427 e. The molecule has 0 heterocycles. The average Bonchev–Trinajstić information content (AvgIpc) is 2.26. The van der Waals surface area contributed by atoms with E-state index in [1.807, 2.05) is 24.3 Å². The molecule has 0 aliphatic carbocycles. The molecule has 0 saturated heterocycles. The highest BCUT2D eigenvalue weighted by Crippen LogP contribution is 2.16. The molecular weight excluding hydrogens is 260 g/mol. The third-order valence-corrected chi connectivity index (χ3v) is 2.46. The van der Waals surface area contributed by atoms with Gasteiger partial charge in [0, 0.05) is 10.0 Å². The number of rotatable bonds is 2. The van der Waals surface area contributed by atoms with Crippen LogP contribution in [0.1, 0.15) is 12.5 Å². The van der Waals surface area contributed by atoms with Crippen molar-refractivity contribution in [3.8, 4) is 0 Å². The number of nitrogens with one attached hydrogen (secondary N) is 1. The molecule has 0 aromatic heterocycles. The number of benzene rings is 1. The lowest BCUT2D eigenvalue weighted by Gasteiger charge is -2.03. The normalized spacial score (nSPS) is 11.0. The van der Waals surface area contributed by atoms with Gasteiger partial charge < -0.3 is 4.74 Å². The number of ether oxygens (including phenoxy) is 1. The molecule has 1 rings (SSSR count). The van der Waals surface area contributed by atoms with Gasteiger partial charge in [-0.1, -0.05) is 34.1 Å². The van der Waals surface area contributed by atoms with Gasteiger partial charge in [-0.05, 0) is 13.0 Å². The van der Waals surface area contributed by atoms with Crippen LogP contribution in [0, 0.1) is 0 Å². The number of carbonyl (C=O) groups is 1. The van der Waals surface area contributed by atoms with Crippen LogP contribution in [-0.4, -0.2) is 18.9 Å². The molecule has 0 aliphatic heterocycles. The summed E-state index contributed by atoms with van der Waals surface area (Å²) in [5, 5.41) is 3.89. The number of hydrazone groups is 1. The fourth-order valence-corrected chi connectivity index (χ4v) is 1.56. The van der Waals surface area contributed by atoms with Crippen molar-refractivity contribution in [2.75, 3.05) is 7.11 Å². The van der Waals surface area contributed by atoms with E-state index in [9.17, 15) is 4.79 Å². The second-order valence-corrected chi connectivity index (χ2v) is 3.63. The predicted molar refractivity (Wildman–Crippen MR) is 61.9 cm³/mol. The van der Waals surface area contributed by atoms with Gasteiger partial charge in [-0.2, -0.15) is 5.10 Å². The Morgan fingerprint density at radius 3 is 2.73 bits per heavy atom. The average molecular weight is 271 g/mol. The maximum atomic E-state index is 10.8. The van der Waals surface area contributed by atoms with Gasteiger partial charge in [-0.15, -0.1) is 0 Å². The van der Waals surface area contributed by atoms with Crippen LogP contribution in [0.3, 0.4) is 0 Å². The molecule has 4 nitrogen and oxygen atoms in total. The van der Waals surface area contributed by atoms with Crippen molar-refractivity contribution in [1.82, 2.24) is 5.43 Å². The molecule has 1 aromatic rings. The van der Waals surface area contributed by atoms with Crippen molar-refractivity contribution >= 4 is 27.7 Å². The van der Waals surface area contributed by atoms with Gasteiger partial charge in [0.25, 0.3) is 0 Å². The lowest BCUT2D eigenvalue weighted by molar-refractivity contribution is 0.171. The van der Waals surface area contributed by atoms with Crippen LogP contribution in [-0.2, 0) is 4.74 Å². The molecule has 0 saturated carbocycles. The van der Waals surface area contributed by atoms with E-state index < -0.39 is 6.09 Å². The SMILES string of the molecule is COC(=O)N/N=C(\C)c1ccccc1Br. The molecule has 0 radical (unpaired) electrons. The van der Waals surface area contributed by atoms with Gasteiger partial charge in [0.2, 0.25) is 0 Å². The zero-order valence-electron chi connectivity index (χ0n) is 8.45. The first-order valence-corrected chi connectivity index (χ1v) is 5.07. The molecule has 0 fully saturated rings. The van der Waals surface area contributed by atoms with Gasteiger partial charge >= 0.3 is 6.09 Å². The second kappa shape index (κ2) is 5.50. The Morgan fingerprint density at radius 2 is 2.13 bits per heavy atom. The Morgan fingerprint density at radius 1 is 1.47 bits per heavy atom. The minimum Gasteiger partial charge on any atom is -0.452 e. The maximum absolute atomic E-state index is 10.8. The van der Waals surface area contributed by atoms with Crippen LogP contribution in [0.2, 0.25) is 0 Å². The highest BCUT2D eigenvalue weighted by molar-refractivity contribution is 9.10. The predicted octanol–water partition coefficient (Wildman–Crippen LogP) is 2.53. The number of halogens is 1. The Kier molecular flexibility index (Phi) is 4.30. The summed E-state index contributed by atoms with van der Waals surface area (Å²) in [4.78, 5) is 10.8. The largest absolute Gasteiger partial charge is 0.452 e. The molecule has 0 atom stereocenters. The number of methoxy groups -OCH3 is 1. The van der Waals surface area contributed by atoms with E-state index in [0.29, 0.717) is 5.71 Å². The molecule has 0 spiro atoms. The number of amides is 1. The first-order chi connectivity index (χ1) is 7.15. The summed E-state index contributed by atoms with van der Waals surface area (Å²) in [5.41, 5.74) is 3.89. The standard InChI is InChI=1S/C10H11BrN2O2/c1-7(12-13-10(14)15-2)8-5-3-4-6-9(8)11/h3-6H,1-2H3,(H,13,14)/b12-7+. The zero-order valence-corrected chi connectivity index (χ0v) is 10.0. The summed E-state index contributed by atoms with van der Waals surface area (Å²) in [6, 6.07) is 7.63. The van der Waals surface area contributed by atoms with E-state index in [1.54, 1.807) is 6.92 Å². The molecule has 0 unspecified atom stereocenters. The van der Waals surface area contributed by atoms with Crippen molar-refractivity contribution in [2.45, 2.75) is 6.92 Å². The monoisotopic (exact) mass is 270 g/mol. The van der Waals surface area contributed by atoms with Gasteiger partial charge in [0.1, 0.15) is 0 Å². The Bertz CT molecular complexity index is 391. The van der Waals surface area contributed by atoms with Gasteiger partial charge in [0.15, 0.2) is 0 Å². The van der Waals surface area contributed by atoms with E-state index in [2.05, 4.69) is 31.2 Å². The lowest BCUT2D eigenvalue weighted by atomic mass is 10.1. The molecule has 1 N–H and O–H groups in total. The van der Waals surface area contributed by atoms with Gasteiger partial charge in [-0.25, -0.2) is 10.2 Å². The molecule has 15 heavy (non-hydrogen) atoms. The summed E-state index contributed by atoms with van der Waals surface area (Å²) < 4.78 is 5.33. The highest BCUT2D eigenvalue weighted by atomic mass is 79.9. The summed E-state index contributed by atoms with van der Waals surface area (Å²) in [7, 11) is 1.29. The summed E-state index contributed by atoms with van der Waals surface area (Å²) in [6.07, 6.45) is -0.582. The van der Waals surface area contributed by atoms with E-state index >= 15 is 0 Å². The Labute approximate surface area is 96.4 Å². The van der Waals surface area contributed by atoms with E-state index in [4.69, 9.17) is 0 Å². The van der Waals surface area contributed by atoms with Crippen LogP contribution in [0.5, 0.6) is 0 Å². The lowest BCUT2D eigenvalue weighted by Crippen LogP contribution is -2.18. The van der Waals surface area contributed by atoms with Crippen LogP contribution in [0.15, 0.2) is 33.8 Å². The quantitative estimate of drug-likeness (QED) is 0.663. The number of nitrogens with zero attached hydrogens (tertiary/aromatic N) is 1. The van der Waals surface area contributed by atoms with Crippen molar-refractivity contribution in [3.63, 3.8) is 0 Å². The molecule has 1 aromatic carbocycles. The molecule has 80 valence electrons. The highest BCUT2D eigenvalue weighted by Gasteiger charge is 2.02. The van der Waals surface area contributed by atoms with Crippen molar-refractivity contribution in [3.05, 3.63) is 34.3 Å². The van der Waals surface area contributed by atoms with Gasteiger partial charge in [-0.3, -0.25) is 0 Å². The number of hydrogen-bond donors (Lipinski definition) is 1. The minimum absolute atomic E-state index is 0.582. The van der Waals surface area contributed by atoms with E-state index in [1.165, 1.54) is 7.11 Å². The molecular formula is C10H11BrN2O2. The fraction of sp³-hybridized carbons (Fsp3) is 0.200. The van der Waals surface area contributed by atoms with Crippen LogP contribution in [0.4, 0.5) is 4.79 Å². The minimum atomic E-state index is -0.582. The maximum Gasteiger partial charge on any atom is 0.427 e. The first kappa shape index (κ1) is 11.7. The zero-order chi connectivity index (χ0) is 11.3. The third-order valence-electron chi connectivity index (χ3n) is 1.76. The van der Waals surface area contributed by atoms with Crippen molar-refractivity contribution in [2.24, 2.45) is 5.10 Å². The molecule has 1 amide bonds. The topological polar surface area (TPSA) is 50.7 Å². The fourth-order valence-electron chi connectivity index (χ4n) is 0.990. The molecule has 0 aliphatic rings. The first-order valence-electron chi connectivity index (χ1n) is 4.28. The van der Waals surface area contributed by atoms with Crippen LogP contribution < -0.4 is 5.43 Å². The molecule has 0 bridgehead atoms. The van der Waals surface area contributed by atoms with Crippen molar-refractivity contribution in [1.29, 1.82) is 0 Å². The Hall–Kier alpha value is -1.36. The van der Waals surface area contributed by atoms with Crippen molar-refractivity contribution < 1.29 is 9.53 Å².